The average Bonchev–Trinajstić information content (AvgIpc) is 2.32. The molecular weight excluding hydrogens is 305 g/mol. The summed E-state index contributed by atoms with van der Waals surface area (Å²) in [5.74, 6) is -1.40. The van der Waals surface area contributed by atoms with Gasteiger partial charge in [0.15, 0.2) is 0 Å². The van der Waals surface area contributed by atoms with Crippen molar-refractivity contribution >= 4 is 25.6 Å². The van der Waals surface area contributed by atoms with Crippen LogP contribution in [0.25, 0.3) is 0 Å². The Hall–Kier alpha value is -1.14. The summed E-state index contributed by atoms with van der Waals surface area (Å²) >= 11 is 0. The van der Waals surface area contributed by atoms with Crippen molar-refractivity contribution in [2.45, 2.75) is 31.1 Å². The van der Waals surface area contributed by atoms with Gasteiger partial charge in [-0.05, 0) is 36.5 Å². The van der Waals surface area contributed by atoms with Crippen LogP contribution in [0.4, 0.5) is 4.39 Å². The minimum absolute atomic E-state index is 0.0578. The van der Waals surface area contributed by atoms with Crippen molar-refractivity contribution < 1.29 is 17.6 Å². The number of rotatable bonds is 4. The van der Waals surface area contributed by atoms with Crippen molar-refractivity contribution in [2.24, 2.45) is 5.41 Å². The van der Waals surface area contributed by atoms with Gasteiger partial charge in [0.25, 0.3) is 15.0 Å². The van der Waals surface area contributed by atoms with Gasteiger partial charge >= 0.3 is 0 Å². The molecule has 110 valence electrons. The summed E-state index contributed by atoms with van der Waals surface area (Å²) in [7, 11) is 1.20. The number of amides is 1. The Labute approximate surface area is 121 Å². The van der Waals surface area contributed by atoms with Crippen LogP contribution in [-0.2, 0) is 9.05 Å². The molecule has 0 heterocycles. The Balaban J connectivity index is 2.16. The molecule has 0 spiro atoms. The smallest absolute Gasteiger partial charge is 0.261 e. The largest absolute Gasteiger partial charge is 0.351 e. The first-order chi connectivity index (χ1) is 9.21. The van der Waals surface area contributed by atoms with Crippen LogP contribution < -0.4 is 5.32 Å². The topological polar surface area (TPSA) is 63.2 Å². The van der Waals surface area contributed by atoms with E-state index in [-0.39, 0.29) is 15.9 Å². The molecule has 0 bridgehead atoms. The second-order valence-electron chi connectivity index (χ2n) is 5.43. The number of nitrogens with one attached hydrogen (secondary N) is 1. The summed E-state index contributed by atoms with van der Waals surface area (Å²) < 4.78 is 36.0. The van der Waals surface area contributed by atoms with Crippen LogP contribution in [-0.4, -0.2) is 20.9 Å². The summed E-state index contributed by atoms with van der Waals surface area (Å²) in [6.07, 6.45) is 3.17. The lowest BCUT2D eigenvalue weighted by Crippen LogP contribution is -2.40. The van der Waals surface area contributed by atoms with Crippen molar-refractivity contribution in [3.8, 4) is 0 Å². The summed E-state index contributed by atoms with van der Waals surface area (Å²) in [6, 6.07) is 2.91. The molecule has 2 rings (SSSR count). The summed E-state index contributed by atoms with van der Waals surface area (Å²) in [4.78, 5) is 11.7. The van der Waals surface area contributed by atoms with Crippen LogP contribution in [0.3, 0.4) is 0 Å². The molecule has 0 unspecified atom stereocenters. The monoisotopic (exact) mass is 319 g/mol. The highest BCUT2D eigenvalue weighted by Gasteiger charge is 2.32. The Morgan fingerprint density at radius 1 is 1.45 bits per heavy atom. The zero-order valence-electron chi connectivity index (χ0n) is 10.9. The molecule has 1 amide bonds. The maximum absolute atomic E-state index is 13.6. The average molecular weight is 320 g/mol. The lowest BCUT2D eigenvalue weighted by atomic mass is 9.70. The van der Waals surface area contributed by atoms with Crippen molar-refractivity contribution in [3.63, 3.8) is 0 Å². The molecule has 20 heavy (non-hydrogen) atoms. The van der Waals surface area contributed by atoms with E-state index in [9.17, 15) is 17.6 Å². The summed E-state index contributed by atoms with van der Waals surface area (Å²) in [5, 5.41) is 2.64. The molecule has 1 fully saturated rings. The highest BCUT2D eigenvalue weighted by atomic mass is 35.7. The quantitative estimate of drug-likeness (QED) is 0.868. The fraction of sp³-hybridized carbons (Fsp3) is 0.462. The minimum atomic E-state index is -3.99. The third kappa shape index (κ3) is 3.30. The van der Waals surface area contributed by atoms with E-state index in [1.54, 1.807) is 0 Å². The molecule has 4 nitrogen and oxygen atoms in total. The van der Waals surface area contributed by atoms with E-state index >= 15 is 0 Å². The van der Waals surface area contributed by atoms with E-state index in [0.29, 0.717) is 6.54 Å². The van der Waals surface area contributed by atoms with Gasteiger partial charge in [-0.3, -0.25) is 4.79 Å². The highest BCUT2D eigenvalue weighted by Crippen LogP contribution is 2.39. The molecule has 1 aliphatic rings. The Morgan fingerprint density at radius 3 is 2.60 bits per heavy atom. The van der Waals surface area contributed by atoms with Gasteiger partial charge in [-0.25, -0.2) is 12.8 Å². The molecule has 1 aromatic rings. The SMILES string of the molecule is CC1(CNC(=O)c2cc(S(=O)(=O)Cl)ccc2F)CCC1. The molecule has 1 aliphatic carbocycles. The molecule has 0 radical (unpaired) electrons. The lowest BCUT2D eigenvalue weighted by molar-refractivity contribution is 0.0886. The van der Waals surface area contributed by atoms with Crippen molar-refractivity contribution in [3.05, 3.63) is 29.6 Å². The zero-order valence-corrected chi connectivity index (χ0v) is 12.5. The number of carbonyl (C=O) groups excluding carboxylic acids is 1. The molecule has 1 saturated carbocycles. The van der Waals surface area contributed by atoms with Crippen LogP contribution in [0.2, 0.25) is 0 Å². The van der Waals surface area contributed by atoms with Gasteiger partial charge in [0.2, 0.25) is 0 Å². The highest BCUT2D eigenvalue weighted by molar-refractivity contribution is 8.13. The van der Waals surface area contributed by atoms with Crippen LogP contribution >= 0.6 is 10.7 Å². The number of halogens is 2. The molecular formula is C13H15ClFNO3S. The van der Waals surface area contributed by atoms with E-state index in [1.807, 2.05) is 6.92 Å². The van der Waals surface area contributed by atoms with Gasteiger partial charge in [-0.1, -0.05) is 13.3 Å². The normalized spacial score (nSPS) is 17.4. The van der Waals surface area contributed by atoms with Gasteiger partial charge in [0.05, 0.1) is 10.5 Å². The van der Waals surface area contributed by atoms with E-state index in [0.717, 1.165) is 37.5 Å². The Kier molecular flexibility index (Phi) is 4.07. The first kappa shape index (κ1) is 15.3. The fourth-order valence-electron chi connectivity index (χ4n) is 2.18. The third-order valence-corrected chi connectivity index (χ3v) is 5.05. The molecule has 0 saturated heterocycles. The first-order valence-corrected chi connectivity index (χ1v) is 8.55. The van der Waals surface area contributed by atoms with Crippen molar-refractivity contribution in [1.82, 2.24) is 5.32 Å². The van der Waals surface area contributed by atoms with Crippen molar-refractivity contribution in [1.29, 1.82) is 0 Å². The van der Waals surface area contributed by atoms with Gasteiger partial charge in [-0.15, -0.1) is 0 Å². The molecule has 0 aromatic heterocycles. The van der Waals surface area contributed by atoms with E-state index in [1.165, 1.54) is 0 Å². The molecule has 0 aliphatic heterocycles. The molecule has 1 aromatic carbocycles. The Morgan fingerprint density at radius 2 is 2.10 bits per heavy atom. The van der Waals surface area contributed by atoms with E-state index in [2.05, 4.69) is 5.32 Å². The summed E-state index contributed by atoms with van der Waals surface area (Å²) in [6.45, 7) is 2.50. The van der Waals surface area contributed by atoms with Gasteiger partial charge in [-0.2, -0.15) is 0 Å². The first-order valence-electron chi connectivity index (χ1n) is 6.24. The number of benzene rings is 1. The van der Waals surface area contributed by atoms with E-state index in [4.69, 9.17) is 10.7 Å². The number of hydrogen-bond donors (Lipinski definition) is 1. The predicted octanol–water partition coefficient (Wildman–Crippen LogP) is 2.67. The van der Waals surface area contributed by atoms with Crippen LogP contribution in [0.15, 0.2) is 23.1 Å². The van der Waals surface area contributed by atoms with Gasteiger partial charge in [0.1, 0.15) is 5.82 Å². The van der Waals surface area contributed by atoms with Crippen molar-refractivity contribution in [2.75, 3.05) is 6.54 Å². The van der Waals surface area contributed by atoms with Crippen LogP contribution in [0.5, 0.6) is 0 Å². The second-order valence-corrected chi connectivity index (χ2v) is 7.99. The summed E-state index contributed by atoms with van der Waals surface area (Å²) in [5.41, 5.74) is -0.253. The molecule has 0 atom stereocenters. The zero-order chi connectivity index (χ0) is 15.0. The standard InChI is InChI=1S/C13H15ClFNO3S/c1-13(5-2-6-13)8-16-12(17)10-7-9(20(14,18)19)3-4-11(10)15/h3-4,7H,2,5-6,8H2,1H3,(H,16,17). The number of carbonyl (C=O) groups is 1. The van der Waals surface area contributed by atoms with Crippen LogP contribution in [0, 0.1) is 11.2 Å². The van der Waals surface area contributed by atoms with E-state index < -0.39 is 20.8 Å². The maximum atomic E-state index is 13.6. The Bertz CT molecular complexity index is 641. The molecule has 7 heteroatoms. The minimum Gasteiger partial charge on any atom is -0.351 e. The fourth-order valence-corrected chi connectivity index (χ4v) is 2.95. The van der Waals surface area contributed by atoms with Gasteiger partial charge in [0, 0.05) is 17.2 Å². The maximum Gasteiger partial charge on any atom is 0.261 e. The second kappa shape index (κ2) is 5.33. The molecule has 1 N–H and O–H groups in total. The van der Waals surface area contributed by atoms with Crippen LogP contribution in [0.1, 0.15) is 36.5 Å². The van der Waals surface area contributed by atoms with Gasteiger partial charge < -0.3 is 5.32 Å². The lowest BCUT2D eigenvalue weighted by Gasteiger charge is -2.38. The third-order valence-electron chi connectivity index (χ3n) is 3.70. The predicted molar refractivity (Wildman–Crippen MR) is 73.7 cm³/mol. The number of hydrogen-bond acceptors (Lipinski definition) is 3.